The average molecular weight is 389 g/mol. The van der Waals surface area contributed by atoms with Crippen LogP contribution in [0.4, 0.5) is 18.0 Å². The highest BCUT2D eigenvalue weighted by molar-refractivity contribution is 6.09. The quantitative estimate of drug-likeness (QED) is 0.735. The number of hydrogen-bond donors (Lipinski definition) is 1. The van der Waals surface area contributed by atoms with Crippen LogP contribution in [0.2, 0.25) is 0 Å². The summed E-state index contributed by atoms with van der Waals surface area (Å²) in [5.41, 5.74) is -1.02. The molecule has 1 heterocycles. The fraction of sp³-hybridized carbons (Fsp3) is 0.833. The first-order chi connectivity index (χ1) is 12.5. The van der Waals surface area contributed by atoms with Crippen LogP contribution in [-0.2, 0) is 9.59 Å². The molecule has 4 amide bonds. The fourth-order valence-electron chi connectivity index (χ4n) is 4.35. The van der Waals surface area contributed by atoms with Gasteiger partial charge in [-0.05, 0) is 44.4 Å². The highest BCUT2D eigenvalue weighted by Crippen LogP contribution is 2.39. The monoisotopic (exact) mass is 389 g/mol. The molecular formula is C18H26F3N3O3. The molecule has 27 heavy (non-hydrogen) atoms. The van der Waals surface area contributed by atoms with Gasteiger partial charge in [0.2, 0.25) is 5.91 Å². The number of alkyl halides is 3. The van der Waals surface area contributed by atoms with Crippen molar-refractivity contribution in [2.45, 2.75) is 70.1 Å². The summed E-state index contributed by atoms with van der Waals surface area (Å²) in [7, 11) is 0. The van der Waals surface area contributed by atoms with Crippen molar-refractivity contribution in [3.05, 3.63) is 0 Å². The molecule has 1 N–H and O–H groups in total. The zero-order chi connectivity index (χ0) is 20.0. The average Bonchev–Trinajstić information content (AvgIpc) is 3.39. The lowest BCUT2D eigenvalue weighted by atomic mass is 9.73. The number of urea groups is 1. The summed E-state index contributed by atoms with van der Waals surface area (Å²) in [5.74, 6) is -1.35. The van der Waals surface area contributed by atoms with Gasteiger partial charge in [-0.2, -0.15) is 13.2 Å². The van der Waals surface area contributed by atoms with Gasteiger partial charge in [0, 0.05) is 6.04 Å². The van der Waals surface area contributed by atoms with E-state index < -0.39 is 48.7 Å². The zero-order valence-electron chi connectivity index (χ0n) is 15.6. The van der Waals surface area contributed by atoms with Crippen molar-refractivity contribution in [1.82, 2.24) is 15.1 Å². The van der Waals surface area contributed by atoms with E-state index in [1.54, 1.807) is 6.92 Å². The molecule has 3 atom stereocenters. The van der Waals surface area contributed by atoms with Gasteiger partial charge in [0.15, 0.2) is 0 Å². The molecule has 3 aliphatic rings. The van der Waals surface area contributed by atoms with Crippen LogP contribution < -0.4 is 5.32 Å². The number of carbonyl (C=O) groups excluding carboxylic acids is 3. The van der Waals surface area contributed by atoms with Gasteiger partial charge in [-0.3, -0.25) is 14.5 Å². The molecule has 0 aromatic heterocycles. The lowest BCUT2D eigenvalue weighted by molar-refractivity contribution is -0.166. The van der Waals surface area contributed by atoms with E-state index in [1.165, 1.54) is 0 Å². The van der Waals surface area contributed by atoms with Crippen LogP contribution in [0, 0.1) is 11.8 Å². The number of nitrogens with zero attached hydrogens (tertiary/aromatic N) is 2. The highest BCUT2D eigenvalue weighted by Gasteiger charge is 2.55. The molecule has 0 aromatic rings. The van der Waals surface area contributed by atoms with Crippen LogP contribution in [0.3, 0.4) is 0 Å². The Morgan fingerprint density at radius 1 is 1.30 bits per heavy atom. The molecule has 9 heteroatoms. The molecular weight excluding hydrogens is 363 g/mol. The molecule has 6 nitrogen and oxygen atoms in total. The van der Waals surface area contributed by atoms with Crippen molar-refractivity contribution < 1.29 is 27.6 Å². The second-order valence-corrected chi connectivity index (χ2v) is 8.15. The Morgan fingerprint density at radius 3 is 2.52 bits per heavy atom. The molecule has 0 aromatic carbocycles. The lowest BCUT2D eigenvalue weighted by Crippen LogP contribution is -2.54. The third-order valence-corrected chi connectivity index (χ3v) is 6.26. The summed E-state index contributed by atoms with van der Waals surface area (Å²) in [6.45, 7) is 1.46. The molecule has 3 rings (SSSR count). The predicted octanol–water partition coefficient (Wildman–Crippen LogP) is 2.68. The standard InChI is InChI=1S/C18H26F3N3O3/c1-11-5-3-4-8-17(11)15(26)23(16(27)22-17)9-14(25)24(10-18(19,20)21)12(2)13-6-7-13/h11-13H,3-10H2,1-2H3,(H,22,27)/t11-,12-,17-/m0/s1. The summed E-state index contributed by atoms with van der Waals surface area (Å²) >= 11 is 0. The fourth-order valence-corrected chi connectivity index (χ4v) is 4.35. The summed E-state index contributed by atoms with van der Waals surface area (Å²) in [6.07, 6.45) is 0.0650. The largest absolute Gasteiger partial charge is 0.406 e. The van der Waals surface area contributed by atoms with E-state index in [-0.39, 0.29) is 11.8 Å². The molecule has 1 aliphatic heterocycles. The zero-order valence-corrected chi connectivity index (χ0v) is 15.6. The summed E-state index contributed by atoms with van der Waals surface area (Å²) in [5, 5.41) is 2.72. The maximum Gasteiger partial charge on any atom is 0.406 e. The Balaban J connectivity index is 1.74. The van der Waals surface area contributed by atoms with E-state index in [9.17, 15) is 27.6 Å². The number of hydrogen-bond acceptors (Lipinski definition) is 3. The van der Waals surface area contributed by atoms with Crippen molar-refractivity contribution >= 4 is 17.8 Å². The number of nitrogens with one attached hydrogen (secondary N) is 1. The minimum atomic E-state index is -4.53. The Labute approximate surface area is 156 Å². The maximum absolute atomic E-state index is 13.0. The van der Waals surface area contributed by atoms with Gasteiger partial charge in [-0.15, -0.1) is 0 Å². The van der Waals surface area contributed by atoms with Crippen molar-refractivity contribution in [1.29, 1.82) is 0 Å². The molecule has 3 fully saturated rings. The molecule has 1 spiro atoms. The minimum Gasteiger partial charge on any atom is -0.329 e. The SMILES string of the molecule is C[C@@H](C1CC1)N(CC(F)(F)F)C(=O)CN1C(=O)N[C@]2(CCCC[C@@H]2C)C1=O. The van der Waals surface area contributed by atoms with E-state index in [0.717, 1.165) is 41.9 Å². The molecule has 1 saturated heterocycles. The van der Waals surface area contributed by atoms with Gasteiger partial charge in [0.25, 0.3) is 5.91 Å². The smallest absolute Gasteiger partial charge is 0.329 e. The van der Waals surface area contributed by atoms with Crippen LogP contribution in [0.15, 0.2) is 0 Å². The number of amides is 4. The third-order valence-electron chi connectivity index (χ3n) is 6.26. The topological polar surface area (TPSA) is 69.7 Å². The third kappa shape index (κ3) is 3.91. The number of halogens is 3. The van der Waals surface area contributed by atoms with Crippen LogP contribution >= 0.6 is 0 Å². The van der Waals surface area contributed by atoms with E-state index in [2.05, 4.69) is 5.32 Å². The van der Waals surface area contributed by atoms with Crippen molar-refractivity contribution in [3.8, 4) is 0 Å². The van der Waals surface area contributed by atoms with E-state index in [1.807, 2.05) is 6.92 Å². The van der Waals surface area contributed by atoms with Crippen molar-refractivity contribution in [2.75, 3.05) is 13.1 Å². The Bertz CT molecular complexity index is 635. The first-order valence-electron chi connectivity index (χ1n) is 9.55. The number of rotatable bonds is 5. The van der Waals surface area contributed by atoms with Crippen molar-refractivity contribution in [3.63, 3.8) is 0 Å². The van der Waals surface area contributed by atoms with Gasteiger partial charge in [0.1, 0.15) is 18.6 Å². The number of imide groups is 1. The first-order valence-corrected chi connectivity index (χ1v) is 9.55. The molecule has 152 valence electrons. The van der Waals surface area contributed by atoms with Gasteiger partial charge < -0.3 is 10.2 Å². The summed E-state index contributed by atoms with van der Waals surface area (Å²) in [6, 6.07) is -1.25. The van der Waals surface area contributed by atoms with Gasteiger partial charge in [-0.1, -0.05) is 19.8 Å². The van der Waals surface area contributed by atoms with Crippen molar-refractivity contribution in [2.24, 2.45) is 11.8 Å². The van der Waals surface area contributed by atoms with E-state index >= 15 is 0 Å². The second-order valence-electron chi connectivity index (χ2n) is 8.15. The summed E-state index contributed by atoms with van der Waals surface area (Å²) in [4.78, 5) is 39.5. The number of carbonyl (C=O) groups is 3. The first kappa shape index (κ1) is 19.9. The molecule has 2 aliphatic carbocycles. The minimum absolute atomic E-state index is 0.0455. The van der Waals surface area contributed by atoms with Gasteiger partial charge in [0.05, 0.1) is 0 Å². The predicted molar refractivity (Wildman–Crippen MR) is 90.6 cm³/mol. The van der Waals surface area contributed by atoms with Crippen LogP contribution in [0.1, 0.15) is 52.4 Å². The Hall–Kier alpha value is -1.80. The molecule has 0 radical (unpaired) electrons. The Kier molecular flexibility index (Phi) is 5.16. The summed E-state index contributed by atoms with van der Waals surface area (Å²) < 4.78 is 38.9. The maximum atomic E-state index is 13.0. The normalized spacial score (nSPS) is 29.8. The van der Waals surface area contributed by atoms with Crippen LogP contribution in [0.25, 0.3) is 0 Å². The molecule has 0 bridgehead atoms. The highest BCUT2D eigenvalue weighted by atomic mass is 19.4. The second kappa shape index (κ2) is 6.98. The Morgan fingerprint density at radius 2 is 1.96 bits per heavy atom. The van der Waals surface area contributed by atoms with E-state index in [4.69, 9.17) is 0 Å². The van der Waals surface area contributed by atoms with Crippen LogP contribution in [-0.4, -0.2) is 58.5 Å². The molecule has 2 saturated carbocycles. The van der Waals surface area contributed by atoms with Crippen LogP contribution in [0.5, 0.6) is 0 Å². The lowest BCUT2D eigenvalue weighted by Gasteiger charge is -2.37. The van der Waals surface area contributed by atoms with E-state index in [0.29, 0.717) is 6.42 Å². The van der Waals surface area contributed by atoms with Gasteiger partial charge >= 0.3 is 12.2 Å². The molecule has 0 unspecified atom stereocenters. The van der Waals surface area contributed by atoms with Gasteiger partial charge in [-0.25, -0.2) is 4.79 Å².